The Morgan fingerprint density at radius 1 is 1.32 bits per heavy atom. The van der Waals surface area contributed by atoms with Crippen LogP contribution in [0.25, 0.3) is 0 Å². The van der Waals surface area contributed by atoms with E-state index in [1.807, 2.05) is 31.5 Å². The lowest BCUT2D eigenvalue weighted by Crippen LogP contribution is -2.41. The van der Waals surface area contributed by atoms with Gasteiger partial charge in [-0.15, -0.1) is 10.2 Å². The summed E-state index contributed by atoms with van der Waals surface area (Å²) in [5.74, 6) is 3.25. The van der Waals surface area contributed by atoms with Crippen molar-refractivity contribution in [2.75, 3.05) is 26.3 Å². The highest BCUT2D eigenvalue weighted by atomic mass is 16.5. The molecule has 0 spiro atoms. The second-order valence-electron chi connectivity index (χ2n) is 7.40. The van der Waals surface area contributed by atoms with Crippen molar-refractivity contribution in [2.24, 2.45) is 18.0 Å². The van der Waals surface area contributed by atoms with Crippen LogP contribution >= 0.6 is 0 Å². The monoisotopic (exact) mass is 384 g/mol. The fourth-order valence-corrected chi connectivity index (χ4v) is 3.44. The van der Waals surface area contributed by atoms with Gasteiger partial charge in [0.15, 0.2) is 11.8 Å². The van der Waals surface area contributed by atoms with Crippen molar-refractivity contribution in [3.8, 4) is 0 Å². The van der Waals surface area contributed by atoms with Gasteiger partial charge in [-0.1, -0.05) is 30.3 Å². The molecule has 28 heavy (non-hydrogen) atoms. The van der Waals surface area contributed by atoms with E-state index in [9.17, 15) is 0 Å². The third-order valence-corrected chi connectivity index (χ3v) is 5.34. The topological polar surface area (TPSA) is 67.6 Å². The van der Waals surface area contributed by atoms with Crippen LogP contribution in [-0.2, 0) is 18.3 Å². The number of rotatable bonds is 7. The summed E-state index contributed by atoms with van der Waals surface area (Å²) in [4.78, 5) is 7.24. The first-order valence-electron chi connectivity index (χ1n) is 10.1. The SMILES string of the molecule is CCOCC1CCN(C(=NCc2nnc(C)n2C)NC(C)c2ccccc2)C1. The molecule has 0 radical (unpaired) electrons. The van der Waals surface area contributed by atoms with Gasteiger partial charge in [0, 0.05) is 32.7 Å². The van der Waals surface area contributed by atoms with Gasteiger partial charge in [0.2, 0.25) is 0 Å². The van der Waals surface area contributed by atoms with Gasteiger partial charge in [0.05, 0.1) is 12.6 Å². The highest BCUT2D eigenvalue weighted by molar-refractivity contribution is 5.80. The highest BCUT2D eigenvalue weighted by Gasteiger charge is 2.26. The molecule has 1 aliphatic rings. The molecule has 2 unspecified atom stereocenters. The van der Waals surface area contributed by atoms with Crippen molar-refractivity contribution in [3.63, 3.8) is 0 Å². The minimum atomic E-state index is 0.173. The number of hydrogen-bond donors (Lipinski definition) is 1. The molecule has 7 nitrogen and oxygen atoms in total. The molecule has 1 saturated heterocycles. The zero-order valence-corrected chi connectivity index (χ0v) is 17.4. The molecule has 2 aromatic rings. The molecule has 1 aromatic carbocycles. The van der Waals surface area contributed by atoms with Crippen LogP contribution in [0, 0.1) is 12.8 Å². The van der Waals surface area contributed by atoms with Crippen molar-refractivity contribution < 1.29 is 4.74 Å². The molecule has 2 atom stereocenters. The normalized spacial score (nSPS) is 18.5. The number of nitrogens with zero attached hydrogens (tertiary/aromatic N) is 5. The van der Waals surface area contributed by atoms with Crippen molar-refractivity contribution in [3.05, 3.63) is 47.5 Å². The van der Waals surface area contributed by atoms with Crippen LogP contribution < -0.4 is 5.32 Å². The maximum absolute atomic E-state index is 5.64. The summed E-state index contributed by atoms with van der Waals surface area (Å²) in [7, 11) is 1.98. The van der Waals surface area contributed by atoms with Crippen LogP contribution in [0.15, 0.2) is 35.3 Å². The summed E-state index contributed by atoms with van der Waals surface area (Å²) in [5.41, 5.74) is 1.25. The smallest absolute Gasteiger partial charge is 0.194 e. The van der Waals surface area contributed by atoms with E-state index in [1.165, 1.54) is 5.56 Å². The molecule has 3 rings (SSSR count). The van der Waals surface area contributed by atoms with E-state index < -0.39 is 0 Å². The van der Waals surface area contributed by atoms with E-state index >= 15 is 0 Å². The minimum absolute atomic E-state index is 0.173. The molecule has 0 aliphatic carbocycles. The van der Waals surface area contributed by atoms with Crippen LogP contribution in [0.5, 0.6) is 0 Å². The average molecular weight is 385 g/mol. The van der Waals surface area contributed by atoms with Gasteiger partial charge in [0.25, 0.3) is 0 Å². The average Bonchev–Trinajstić information content (AvgIpc) is 3.31. The summed E-state index contributed by atoms with van der Waals surface area (Å²) in [6.45, 7) is 10.2. The standard InChI is InChI=1S/C21H32N6O/c1-5-28-15-18-11-12-27(14-18)21(22-13-20-25-24-17(3)26(20)4)23-16(2)19-9-7-6-8-10-19/h6-10,16,18H,5,11-15H2,1-4H3,(H,22,23). The summed E-state index contributed by atoms with van der Waals surface area (Å²) >= 11 is 0. The Morgan fingerprint density at radius 2 is 2.11 bits per heavy atom. The number of aromatic nitrogens is 3. The number of likely N-dealkylation sites (tertiary alicyclic amines) is 1. The Morgan fingerprint density at radius 3 is 2.79 bits per heavy atom. The zero-order valence-electron chi connectivity index (χ0n) is 17.4. The lowest BCUT2D eigenvalue weighted by molar-refractivity contribution is 0.114. The number of benzene rings is 1. The van der Waals surface area contributed by atoms with Gasteiger partial charge in [-0.3, -0.25) is 0 Å². The molecule has 1 fully saturated rings. The second-order valence-corrected chi connectivity index (χ2v) is 7.40. The molecule has 0 saturated carbocycles. The Hall–Kier alpha value is -2.41. The molecule has 0 bridgehead atoms. The predicted molar refractivity (Wildman–Crippen MR) is 111 cm³/mol. The van der Waals surface area contributed by atoms with E-state index in [-0.39, 0.29) is 6.04 Å². The molecular formula is C21H32N6O. The first-order chi connectivity index (χ1) is 13.6. The lowest BCUT2D eigenvalue weighted by atomic mass is 10.1. The van der Waals surface area contributed by atoms with E-state index in [2.05, 4.69) is 51.6 Å². The van der Waals surface area contributed by atoms with Gasteiger partial charge in [-0.05, 0) is 32.8 Å². The summed E-state index contributed by atoms with van der Waals surface area (Å²) in [5, 5.41) is 12.0. The second kappa shape index (κ2) is 9.68. The Labute approximate surface area is 167 Å². The zero-order chi connectivity index (χ0) is 19.9. The first-order valence-corrected chi connectivity index (χ1v) is 10.1. The Balaban J connectivity index is 1.73. The van der Waals surface area contributed by atoms with E-state index in [0.717, 1.165) is 50.3 Å². The van der Waals surface area contributed by atoms with E-state index in [1.54, 1.807) is 0 Å². The molecule has 2 heterocycles. The Kier molecular flexibility index (Phi) is 7.03. The van der Waals surface area contributed by atoms with Gasteiger partial charge in [0.1, 0.15) is 12.4 Å². The van der Waals surface area contributed by atoms with Gasteiger partial charge in [-0.25, -0.2) is 4.99 Å². The van der Waals surface area contributed by atoms with Crippen molar-refractivity contribution >= 4 is 5.96 Å². The van der Waals surface area contributed by atoms with E-state index in [0.29, 0.717) is 12.5 Å². The van der Waals surface area contributed by atoms with Gasteiger partial charge >= 0.3 is 0 Å². The summed E-state index contributed by atoms with van der Waals surface area (Å²) in [6.07, 6.45) is 1.13. The van der Waals surface area contributed by atoms with Crippen molar-refractivity contribution in [1.82, 2.24) is 25.0 Å². The third kappa shape index (κ3) is 5.10. The first kappa shape index (κ1) is 20.3. The maximum atomic E-state index is 5.64. The number of hydrogen-bond acceptors (Lipinski definition) is 4. The van der Waals surface area contributed by atoms with Crippen molar-refractivity contribution in [2.45, 2.75) is 39.8 Å². The maximum Gasteiger partial charge on any atom is 0.194 e. The van der Waals surface area contributed by atoms with Crippen LogP contribution in [0.4, 0.5) is 0 Å². The van der Waals surface area contributed by atoms with Gasteiger partial charge < -0.3 is 19.5 Å². The molecule has 152 valence electrons. The van der Waals surface area contributed by atoms with Crippen LogP contribution in [0.3, 0.4) is 0 Å². The molecular weight excluding hydrogens is 352 g/mol. The minimum Gasteiger partial charge on any atom is -0.381 e. The Bertz CT molecular complexity index is 772. The number of aliphatic imine (C=N–C) groups is 1. The number of ether oxygens (including phenoxy) is 1. The molecule has 0 amide bonds. The van der Waals surface area contributed by atoms with E-state index in [4.69, 9.17) is 9.73 Å². The highest BCUT2D eigenvalue weighted by Crippen LogP contribution is 2.19. The molecule has 1 aliphatic heterocycles. The molecule has 1 N–H and O–H groups in total. The fourth-order valence-electron chi connectivity index (χ4n) is 3.44. The third-order valence-electron chi connectivity index (χ3n) is 5.34. The summed E-state index contributed by atoms with van der Waals surface area (Å²) < 4.78 is 7.62. The molecule has 7 heteroatoms. The number of nitrogens with one attached hydrogen (secondary N) is 1. The fraction of sp³-hybridized carbons (Fsp3) is 0.571. The van der Waals surface area contributed by atoms with Crippen LogP contribution in [-0.4, -0.2) is 51.9 Å². The summed E-state index contributed by atoms with van der Waals surface area (Å²) in [6, 6.07) is 10.6. The van der Waals surface area contributed by atoms with Gasteiger partial charge in [-0.2, -0.15) is 0 Å². The molecule has 1 aromatic heterocycles. The quantitative estimate of drug-likeness (QED) is 0.587. The number of aryl methyl sites for hydroxylation is 1. The van der Waals surface area contributed by atoms with Crippen molar-refractivity contribution in [1.29, 1.82) is 0 Å². The van der Waals surface area contributed by atoms with Crippen LogP contribution in [0.2, 0.25) is 0 Å². The number of guanidine groups is 1. The van der Waals surface area contributed by atoms with Crippen LogP contribution in [0.1, 0.15) is 43.5 Å². The largest absolute Gasteiger partial charge is 0.381 e. The lowest BCUT2D eigenvalue weighted by Gasteiger charge is -2.25. The predicted octanol–water partition coefficient (Wildman–Crippen LogP) is 2.69.